The van der Waals surface area contributed by atoms with Crippen molar-refractivity contribution >= 4 is 10.0 Å². The highest BCUT2D eigenvalue weighted by molar-refractivity contribution is 7.89. The van der Waals surface area contributed by atoms with Crippen molar-refractivity contribution in [2.24, 2.45) is 0 Å². The number of H-pyrrole nitrogens is 1. The van der Waals surface area contributed by atoms with Crippen molar-refractivity contribution in [3.05, 3.63) is 11.3 Å². The first-order valence-corrected chi connectivity index (χ1v) is 8.74. The predicted octanol–water partition coefficient (Wildman–Crippen LogP) is 0.675. The van der Waals surface area contributed by atoms with Gasteiger partial charge in [0.2, 0.25) is 0 Å². The van der Waals surface area contributed by atoms with Crippen LogP contribution in [-0.2, 0) is 21.3 Å². The van der Waals surface area contributed by atoms with Crippen LogP contribution >= 0.6 is 0 Å². The second kappa shape index (κ2) is 6.43. The van der Waals surface area contributed by atoms with E-state index >= 15 is 0 Å². The molecule has 0 spiro atoms. The van der Waals surface area contributed by atoms with Crippen LogP contribution in [0.15, 0.2) is 5.03 Å². The minimum atomic E-state index is -3.64. The van der Waals surface area contributed by atoms with E-state index in [9.17, 15) is 8.42 Å². The second-order valence-corrected chi connectivity index (χ2v) is 7.32. The van der Waals surface area contributed by atoms with Gasteiger partial charge < -0.3 is 10.1 Å². The van der Waals surface area contributed by atoms with Crippen LogP contribution in [0.2, 0.25) is 0 Å². The standard InChI is InChI=1S/C13H24N4O3S/c1-4-14-8-11-10(2)16-17-12(11)21(18,19)15-9-13(3)6-5-7-20-13/h14-15H,4-9H2,1-3H3,(H,16,17). The summed E-state index contributed by atoms with van der Waals surface area (Å²) in [6, 6.07) is 0. The van der Waals surface area contributed by atoms with E-state index < -0.39 is 15.6 Å². The van der Waals surface area contributed by atoms with Crippen LogP contribution in [0.3, 0.4) is 0 Å². The van der Waals surface area contributed by atoms with Crippen LogP contribution in [0.5, 0.6) is 0 Å². The van der Waals surface area contributed by atoms with Gasteiger partial charge in [0.15, 0.2) is 5.03 Å². The highest BCUT2D eigenvalue weighted by Crippen LogP contribution is 2.25. The topological polar surface area (TPSA) is 96.1 Å². The van der Waals surface area contributed by atoms with Gasteiger partial charge in [0, 0.05) is 31.0 Å². The number of sulfonamides is 1. The molecule has 1 unspecified atom stereocenters. The maximum absolute atomic E-state index is 12.5. The van der Waals surface area contributed by atoms with Crippen LogP contribution in [0.25, 0.3) is 0 Å². The zero-order chi connectivity index (χ0) is 15.5. The van der Waals surface area contributed by atoms with Crippen LogP contribution in [0.1, 0.15) is 37.9 Å². The Hall–Kier alpha value is -0.960. The fourth-order valence-electron chi connectivity index (χ4n) is 2.40. The van der Waals surface area contributed by atoms with Gasteiger partial charge in [-0.1, -0.05) is 6.92 Å². The van der Waals surface area contributed by atoms with E-state index in [1.165, 1.54) is 0 Å². The van der Waals surface area contributed by atoms with E-state index in [0.717, 1.165) is 25.1 Å². The molecule has 0 radical (unpaired) electrons. The van der Waals surface area contributed by atoms with Gasteiger partial charge >= 0.3 is 0 Å². The first-order chi connectivity index (χ1) is 9.88. The Kier molecular flexibility index (Phi) is 5.03. The summed E-state index contributed by atoms with van der Waals surface area (Å²) in [5.74, 6) is 0. The molecule has 2 rings (SSSR count). The van der Waals surface area contributed by atoms with Crippen molar-refractivity contribution in [2.75, 3.05) is 19.7 Å². The zero-order valence-corrected chi connectivity index (χ0v) is 13.6. The molecule has 8 heteroatoms. The summed E-state index contributed by atoms with van der Waals surface area (Å²) in [7, 11) is -3.64. The first kappa shape index (κ1) is 16.4. The molecule has 0 aliphatic carbocycles. The van der Waals surface area contributed by atoms with E-state index in [4.69, 9.17) is 4.74 Å². The molecule has 1 atom stereocenters. The molecule has 0 bridgehead atoms. The van der Waals surface area contributed by atoms with E-state index in [2.05, 4.69) is 20.2 Å². The van der Waals surface area contributed by atoms with E-state index in [0.29, 0.717) is 18.7 Å². The predicted molar refractivity (Wildman–Crippen MR) is 79.5 cm³/mol. The van der Waals surface area contributed by atoms with Crippen molar-refractivity contribution in [1.82, 2.24) is 20.2 Å². The number of nitrogens with one attached hydrogen (secondary N) is 3. The molecular weight excluding hydrogens is 292 g/mol. The summed E-state index contributed by atoms with van der Waals surface area (Å²) in [5.41, 5.74) is 1.03. The Bertz CT molecular complexity index is 576. The number of aromatic nitrogens is 2. The Morgan fingerprint density at radius 3 is 2.86 bits per heavy atom. The van der Waals surface area contributed by atoms with Gasteiger partial charge in [0.1, 0.15) is 0 Å². The monoisotopic (exact) mass is 316 g/mol. The Morgan fingerprint density at radius 2 is 2.24 bits per heavy atom. The van der Waals surface area contributed by atoms with Crippen molar-refractivity contribution in [2.45, 2.75) is 50.8 Å². The number of rotatable bonds is 7. The Morgan fingerprint density at radius 1 is 1.48 bits per heavy atom. The molecular formula is C13H24N4O3S. The lowest BCUT2D eigenvalue weighted by molar-refractivity contribution is 0.0250. The van der Waals surface area contributed by atoms with Crippen LogP contribution in [-0.4, -0.2) is 43.9 Å². The fraction of sp³-hybridized carbons (Fsp3) is 0.769. The summed E-state index contributed by atoms with van der Waals surface area (Å²) >= 11 is 0. The average molecular weight is 316 g/mol. The summed E-state index contributed by atoms with van der Waals surface area (Å²) < 4.78 is 33.1. The van der Waals surface area contributed by atoms with Crippen molar-refractivity contribution in [3.8, 4) is 0 Å². The lowest BCUT2D eigenvalue weighted by Crippen LogP contribution is -2.40. The van der Waals surface area contributed by atoms with E-state index in [1.54, 1.807) is 0 Å². The maximum atomic E-state index is 12.5. The van der Waals surface area contributed by atoms with Gasteiger partial charge in [0.25, 0.3) is 10.0 Å². The highest BCUT2D eigenvalue weighted by atomic mass is 32.2. The molecule has 3 N–H and O–H groups in total. The van der Waals surface area contributed by atoms with E-state index in [-0.39, 0.29) is 11.6 Å². The molecule has 0 aromatic carbocycles. The third kappa shape index (κ3) is 3.82. The second-order valence-electron chi connectivity index (χ2n) is 5.64. The summed E-state index contributed by atoms with van der Waals surface area (Å²) in [4.78, 5) is 0. The number of ether oxygens (including phenoxy) is 1. The third-order valence-corrected chi connectivity index (χ3v) is 5.15. The van der Waals surface area contributed by atoms with Gasteiger partial charge in [-0.2, -0.15) is 5.10 Å². The van der Waals surface area contributed by atoms with E-state index in [1.807, 2.05) is 20.8 Å². The van der Waals surface area contributed by atoms with Crippen molar-refractivity contribution in [3.63, 3.8) is 0 Å². The van der Waals surface area contributed by atoms with Gasteiger partial charge in [-0.15, -0.1) is 0 Å². The Balaban J connectivity index is 2.12. The number of nitrogens with zero attached hydrogens (tertiary/aromatic N) is 1. The molecule has 1 aliphatic heterocycles. The lowest BCUT2D eigenvalue weighted by Gasteiger charge is -2.23. The maximum Gasteiger partial charge on any atom is 0.260 e. The molecule has 1 saturated heterocycles. The van der Waals surface area contributed by atoms with Crippen molar-refractivity contribution in [1.29, 1.82) is 0 Å². The van der Waals surface area contributed by atoms with Crippen LogP contribution in [0.4, 0.5) is 0 Å². The minimum absolute atomic E-state index is 0.0718. The van der Waals surface area contributed by atoms with Crippen LogP contribution in [0, 0.1) is 6.92 Å². The minimum Gasteiger partial charge on any atom is -0.374 e. The molecule has 1 aromatic heterocycles. The molecule has 0 amide bonds. The number of hydrogen-bond acceptors (Lipinski definition) is 5. The quantitative estimate of drug-likeness (QED) is 0.687. The summed E-state index contributed by atoms with van der Waals surface area (Å²) in [6.45, 7) is 7.91. The number of hydrogen-bond donors (Lipinski definition) is 3. The molecule has 0 saturated carbocycles. The largest absolute Gasteiger partial charge is 0.374 e. The lowest BCUT2D eigenvalue weighted by atomic mass is 10.0. The Labute approximate surface area is 125 Å². The van der Waals surface area contributed by atoms with Gasteiger partial charge in [0.05, 0.1) is 5.60 Å². The first-order valence-electron chi connectivity index (χ1n) is 7.26. The van der Waals surface area contributed by atoms with Gasteiger partial charge in [-0.3, -0.25) is 5.10 Å². The molecule has 7 nitrogen and oxygen atoms in total. The summed E-state index contributed by atoms with van der Waals surface area (Å²) in [6.07, 6.45) is 1.82. The van der Waals surface area contributed by atoms with Crippen molar-refractivity contribution < 1.29 is 13.2 Å². The molecule has 1 fully saturated rings. The fourth-order valence-corrected chi connectivity index (χ4v) is 3.75. The SMILES string of the molecule is CCNCc1c(S(=O)(=O)NCC2(C)CCCO2)n[nH]c1C. The summed E-state index contributed by atoms with van der Waals surface area (Å²) in [5, 5.41) is 9.90. The number of aryl methyl sites for hydroxylation is 1. The molecule has 21 heavy (non-hydrogen) atoms. The molecule has 1 aliphatic rings. The third-order valence-electron chi connectivity index (χ3n) is 3.78. The molecule has 120 valence electrons. The van der Waals surface area contributed by atoms with Gasteiger partial charge in [-0.05, 0) is 33.2 Å². The smallest absolute Gasteiger partial charge is 0.260 e. The molecule has 1 aromatic rings. The zero-order valence-electron chi connectivity index (χ0n) is 12.8. The molecule has 2 heterocycles. The highest BCUT2D eigenvalue weighted by Gasteiger charge is 2.32. The average Bonchev–Trinajstić information content (AvgIpc) is 3.02. The number of aromatic amines is 1. The van der Waals surface area contributed by atoms with Crippen LogP contribution < -0.4 is 10.0 Å². The van der Waals surface area contributed by atoms with Gasteiger partial charge in [-0.25, -0.2) is 13.1 Å². The normalized spacial score (nSPS) is 22.8.